The smallest absolute Gasteiger partial charge is 0.293 e. The van der Waals surface area contributed by atoms with E-state index in [2.05, 4.69) is 20.6 Å². The first-order valence-electron chi connectivity index (χ1n) is 8.42. The van der Waals surface area contributed by atoms with Gasteiger partial charge < -0.3 is 14.3 Å². The molecular formula is C18H16FN5O3. The van der Waals surface area contributed by atoms with Crippen LogP contribution in [0.4, 0.5) is 10.3 Å². The molecule has 1 aliphatic rings. The van der Waals surface area contributed by atoms with Crippen LogP contribution in [0.1, 0.15) is 26.6 Å². The van der Waals surface area contributed by atoms with Gasteiger partial charge >= 0.3 is 0 Å². The number of fused-ring (bicyclic) bond motifs is 1. The molecule has 0 unspecified atom stereocenters. The van der Waals surface area contributed by atoms with E-state index < -0.39 is 12.6 Å². The van der Waals surface area contributed by atoms with Crippen molar-refractivity contribution in [2.75, 3.05) is 18.5 Å². The topological polar surface area (TPSA) is 102 Å². The normalized spacial score (nSPS) is 13.1. The molecule has 0 saturated carbocycles. The van der Waals surface area contributed by atoms with E-state index >= 15 is 0 Å². The zero-order chi connectivity index (χ0) is 18.8. The number of nitrogens with zero attached hydrogens (tertiary/aromatic N) is 3. The third-order valence-electron chi connectivity index (χ3n) is 4.30. The minimum absolute atomic E-state index is 0.0873. The van der Waals surface area contributed by atoms with Gasteiger partial charge in [0.1, 0.15) is 6.67 Å². The summed E-state index contributed by atoms with van der Waals surface area (Å²) in [6.07, 6.45) is 3.51. The summed E-state index contributed by atoms with van der Waals surface area (Å²) in [6.45, 7) is 0.0642. The number of hydrogen-bond donors (Lipinski definition) is 2. The maximum atomic E-state index is 13.1. The predicted octanol–water partition coefficient (Wildman–Crippen LogP) is 2.05. The fourth-order valence-corrected chi connectivity index (χ4v) is 3.13. The monoisotopic (exact) mass is 369 g/mol. The molecule has 0 aromatic carbocycles. The van der Waals surface area contributed by atoms with Gasteiger partial charge in [0.05, 0.1) is 29.8 Å². The second-order valence-electron chi connectivity index (χ2n) is 5.93. The lowest BCUT2D eigenvalue weighted by atomic mass is 10.1. The van der Waals surface area contributed by atoms with Gasteiger partial charge in [0.2, 0.25) is 5.95 Å². The first kappa shape index (κ1) is 17.0. The third-order valence-corrected chi connectivity index (χ3v) is 4.30. The number of aromatic nitrogens is 3. The Balaban J connectivity index is 1.69. The Morgan fingerprint density at radius 1 is 1.41 bits per heavy atom. The van der Waals surface area contributed by atoms with Crippen molar-refractivity contribution in [1.29, 1.82) is 0 Å². The molecule has 3 aromatic rings. The van der Waals surface area contributed by atoms with Gasteiger partial charge in [0.15, 0.2) is 5.76 Å². The number of rotatable bonds is 5. The first-order chi connectivity index (χ1) is 13.2. The number of amides is 2. The summed E-state index contributed by atoms with van der Waals surface area (Å²) >= 11 is 0. The standard InChI is InChI=1S/C18H16FN5O3/c19-5-8-24-13-4-7-20-16(25)11(13)10-14(24)12-3-6-21-18(22-12)23-17(26)15-2-1-9-27-15/h1-3,6,9-10H,4-5,7-8H2,(H,20,25)(H,21,22,23,26). The second-order valence-corrected chi connectivity index (χ2v) is 5.93. The van der Waals surface area contributed by atoms with Crippen molar-refractivity contribution in [3.05, 3.63) is 53.7 Å². The van der Waals surface area contributed by atoms with Crippen LogP contribution in [-0.4, -0.2) is 39.6 Å². The van der Waals surface area contributed by atoms with Crippen molar-refractivity contribution in [1.82, 2.24) is 19.9 Å². The Labute approximate surface area is 153 Å². The van der Waals surface area contributed by atoms with Gasteiger partial charge in [-0.15, -0.1) is 0 Å². The highest BCUT2D eigenvalue weighted by molar-refractivity contribution is 6.01. The summed E-state index contributed by atoms with van der Waals surface area (Å²) in [7, 11) is 0. The minimum Gasteiger partial charge on any atom is -0.459 e. The molecule has 2 N–H and O–H groups in total. The molecule has 138 valence electrons. The quantitative estimate of drug-likeness (QED) is 0.717. The highest BCUT2D eigenvalue weighted by Crippen LogP contribution is 2.27. The molecule has 0 saturated heterocycles. The molecule has 4 heterocycles. The van der Waals surface area contributed by atoms with Crippen LogP contribution in [0, 0.1) is 0 Å². The molecule has 4 rings (SSSR count). The number of nitrogens with one attached hydrogen (secondary N) is 2. The van der Waals surface area contributed by atoms with Gasteiger partial charge in [-0.3, -0.25) is 14.9 Å². The average Bonchev–Trinajstić information content (AvgIpc) is 3.32. The number of halogens is 1. The largest absolute Gasteiger partial charge is 0.459 e. The molecule has 0 radical (unpaired) electrons. The summed E-state index contributed by atoms with van der Waals surface area (Å²) in [5, 5.41) is 5.34. The molecule has 9 heteroatoms. The van der Waals surface area contributed by atoms with Crippen LogP contribution in [0.15, 0.2) is 41.1 Å². The highest BCUT2D eigenvalue weighted by Gasteiger charge is 2.25. The lowest BCUT2D eigenvalue weighted by molar-refractivity contribution is 0.0944. The van der Waals surface area contributed by atoms with E-state index in [0.717, 1.165) is 5.69 Å². The fraction of sp³-hybridized carbons (Fsp3) is 0.222. The molecular weight excluding hydrogens is 353 g/mol. The Morgan fingerprint density at radius 2 is 2.30 bits per heavy atom. The van der Waals surface area contributed by atoms with Crippen molar-refractivity contribution >= 4 is 17.8 Å². The summed E-state index contributed by atoms with van der Waals surface area (Å²) in [5.41, 5.74) is 2.39. The van der Waals surface area contributed by atoms with Crippen molar-refractivity contribution in [2.24, 2.45) is 0 Å². The van der Waals surface area contributed by atoms with Crippen LogP contribution in [0.5, 0.6) is 0 Å². The Bertz CT molecular complexity index is 997. The van der Waals surface area contributed by atoms with Crippen LogP contribution in [0.2, 0.25) is 0 Å². The summed E-state index contributed by atoms with van der Waals surface area (Å²) in [5.74, 6) is -0.438. The summed E-state index contributed by atoms with van der Waals surface area (Å²) in [4.78, 5) is 32.6. The molecule has 0 atom stereocenters. The second kappa shape index (κ2) is 7.02. The van der Waals surface area contributed by atoms with Crippen LogP contribution in [0.3, 0.4) is 0 Å². The van der Waals surface area contributed by atoms with Gasteiger partial charge in [-0.1, -0.05) is 0 Å². The van der Waals surface area contributed by atoms with E-state index in [-0.39, 0.29) is 24.2 Å². The number of alkyl halides is 1. The number of anilines is 1. The van der Waals surface area contributed by atoms with Crippen LogP contribution < -0.4 is 10.6 Å². The van der Waals surface area contributed by atoms with Crippen LogP contribution in [0.25, 0.3) is 11.4 Å². The van der Waals surface area contributed by atoms with Crippen molar-refractivity contribution in [2.45, 2.75) is 13.0 Å². The fourth-order valence-electron chi connectivity index (χ4n) is 3.13. The van der Waals surface area contributed by atoms with E-state index in [0.29, 0.717) is 29.9 Å². The van der Waals surface area contributed by atoms with Gasteiger partial charge in [0.25, 0.3) is 11.8 Å². The molecule has 0 spiro atoms. The molecule has 2 amide bonds. The van der Waals surface area contributed by atoms with E-state index in [1.54, 1.807) is 22.8 Å². The van der Waals surface area contributed by atoms with Crippen molar-refractivity contribution in [3.8, 4) is 11.4 Å². The Kier molecular flexibility index (Phi) is 4.41. The van der Waals surface area contributed by atoms with E-state index in [1.807, 2.05) is 0 Å². The average molecular weight is 369 g/mol. The maximum Gasteiger partial charge on any atom is 0.293 e. The molecule has 0 bridgehead atoms. The van der Waals surface area contributed by atoms with E-state index in [1.165, 1.54) is 18.5 Å². The van der Waals surface area contributed by atoms with E-state index in [4.69, 9.17) is 4.42 Å². The predicted molar refractivity (Wildman–Crippen MR) is 94.1 cm³/mol. The van der Waals surface area contributed by atoms with Crippen LogP contribution >= 0.6 is 0 Å². The maximum absolute atomic E-state index is 13.1. The van der Waals surface area contributed by atoms with Crippen molar-refractivity contribution < 1.29 is 18.4 Å². The van der Waals surface area contributed by atoms with Gasteiger partial charge in [-0.05, 0) is 24.3 Å². The molecule has 8 nitrogen and oxygen atoms in total. The van der Waals surface area contributed by atoms with Gasteiger partial charge in [0, 0.05) is 24.9 Å². The summed E-state index contributed by atoms with van der Waals surface area (Å²) < 4.78 is 19.9. The molecule has 3 aromatic heterocycles. The number of furan rings is 1. The van der Waals surface area contributed by atoms with E-state index in [9.17, 15) is 14.0 Å². The summed E-state index contributed by atoms with van der Waals surface area (Å²) in [6, 6.07) is 6.47. The van der Waals surface area contributed by atoms with Crippen LogP contribution in [-0.2, 0) is 13.0 Å². The lowest BCUT2D eigenvalue weighted by Crippen LogP contribution is -2.32. The number of carbonyl (C=O) groups is 2. The zero-order valence-corrected chi connectivity index (χ0v) is 14.2. The number of carbonyl (C=O) groups excluding carboxylic acids is 2. The Morgan fingerprint density at radius 3 is 3.07 bits per heavy atom. The van der Waals surface area contributed by atoms with Gasteiger partial charge in [-0.25, -0.2) is 14.4 Å². The third kappa shape index (κ3) is 3.19. The Hall–Kier alpha value is -3.49. The first-order valence-corrected chi connectivity index (χ1v) is 8.42. The lowest BCUT2D eigenvalue weighted by Gasteiger charge is -2.16. The highest BCUT2D eigenvalue weighted by atomic mass is 19.1. The minimum atomic E-state index is -0.567. The molecule has 27 heavy (non-hydrogen) atoms. The molecule has 0 aliphatic carbocycles. The van der Waals surface area contributed by atoms with Gasteiger partial charge in [-0.2, -0.15) is 0 Å². The SMILES string of the molecule is O=C(Nc1nccc(-c2cc3c(n2CCF)CCNC3=O)n1)c1ccco1. The molecule has 1 aliphatic heterocycles. The zero-order valence-electron chi connectivity index (χ0n) is 14.2. The molecule has 0 fully saturated rings. The number of hydrogen-bond acceptors (Lipinski definition) is 5. The van der Waals surface area contributed by atoms with Crippen molar-refractivity contribution in [3.63, 3.8) is 0 Å².